The summed E-state index contributed by atoms with van der Waals surface area (Å²) < 4.78 is 1.85. The standard InChI is InChI=1S/C11H18N6O/c1-8(18)3-2-4-13-10-11-14-5-6-17(11)7-9(15-10)16-12/h5-8,16,18H,2-4,12H2,1H3,(H,13,15). The van der Waals surface area contributed by atoms with Crippen LogP contribution in [0.3, 0.4) is 0 Å². The summed E-state index contributed by atoms with van der Waals surface area (Å²) in [7, 11) is 0. The fourth-order valence-corrected chi connectivity index (χ4v) is 1.72. The van der Waals surface area contributed by atoms with E-state index in [9.17, 15) is 5.11 Å². The van der Waals surface area contributed by atoms with E-state index in [1.807, 2.05) is 10.6 Å². The monoisotopic (exact) mass is 250 g/mol. The van der Waals surface area contributed by atoms with Crippen LogP contribution in [-0.2, 0) is 0 Å². The van der Waals surface area contributed by atoms with E-state index in [2.05, 4.69) is 20.7 Å². The van der Waals surface area contributed by atoms with Gasteiger partial charge in [0.2, 0.25) is 0 Å². The van der Waals surface area contributed by atoms with Gasteiger partial charge < -0.3 is 20.2 Å². The highest BCUT2D eigenvalue weighted by atomic mass is 16.3. The fraction of sp³-hybridized carbons (Fsp3) is 0.455. The molecule has 1 unspecified atom stereocenters. The molecule has 2 aromatic rings. The number of hydrogen-bond donors (Lipinski definition) is 4. The lowest BCUT2D eigenvalue weighted by Crippen LogP contribution is -2.13. The number of aliphatic hydroxyl groups is 1. The van der Waals surface area contributed by atoms with Crippen molar-refractivity contribution in [3.8, 4) is 0 Å². The van der Waals surface area contributed by atoms with Gasteiger partial charge in [-0.15, -0.1) is 0 Å². The van der Waals surface area contributed by atoms with Crippen LogP contribution in [0, 0.1) is 0 Å². The van der Waals surface area contributed by atoms with Gasteiger partial charge in [-0.3, -0.25) is 0 Å². The lowest BCUT2D eigenvalue weighted by Gasteiger charge is -2.09. The maximum atomic E-state index is 9.18. The van der Waals surface area contributed by atoms with Gasteiger partial charge in [-0.25, -0.2) is 15.8 Å². The molecule has 2 aromatic heterocycles. The molecule has 0 radical (unpaired) electrons. The average molecular weight is 250 g/mol. The van der Waals surface area contributed by atoms with Crippen LogP contribution in [0.4, 0.5) is 11.6 Å². The van der Waals surface area contributed by atoms with E-state index >= 15 is 0 Å². The zero-order chi connectivity index (χ0) is 13.0. The Hall–Kier alpha value is -1.86. The average Bonchev–Trinajstić information content (AvgIpc) is 2.82. The number of nitrogens with one attached hydrogen (secondary N) is 2. The minimum absolute atomic E-state index is 0.275. The topological polar surface area (TPSA) is 100 Å². The molecule has 5 N–H and O–H groups in total. The van der Waals surface area contributed by atoms with Gasteiger partial charge in [-0.1, -0.05) is 0 Å². The largest absolute Gasteiger partial charge is 0.393 e. The molecule has 0 bridgehead atoms. The Morgan fingerprint density at radius 1 is 1.56 bits per heavy atom. The van der Waals surface area contributed by atoms with Crippen molar-refractivity contribution in [3.05, 3.63) is 18.6 Å². The lowest BCUT2D eigenvalue weighted by molar-refractivity contribution is 0.183. The van der Waals surface area contributed by atoms with Crippen LogP contribution in [0.5, 0.6) is 0 Å². The third kappa shape index (κ3) is 2.88. The molecule has 98 valence electrons. The number of imidazole rings is 1. The van der Waals surface area contributed by atoms with Crippen molar-refractivity contribution >= 4 is 17.3 Å². The summed E-state index contributed by atoms with van der Waals surface area (Å²) >= 11 is 0. The summed E-state index contributed by atoms with van der Waals surface area (Å²) in [6.07, 6.45) is 6.66. The van der Waals surface area contributed by atoms with Gasteiger partial charge in [0.15, 0.2) is 17.3 Å². The molecule has 0 aliphatic carbocycles. The minimum Gasteiger partial charge on any atom is -0.393 e. The van der Waals surface area contributed by atoms with Crippen LogP contribution >= 0.6 is 0 Å². The summed E-state index contributed by atoms with van der Waals surface area (Å²) in [5.74, 6) is 6.62. The maximum Gasteiger partial charge on any atom is 0.180 e. The number of anilines is 2. The number of nitrogens with two attached hydrogens (primary N) is 1. The highest BCUT2D eigenvalue weighted by molar-refractivity contribution is 5.65. The van der Waals surface area contributed by atoms with Gasteiger partial charge in [0.25, 0.3) is 0 Å². The zero-order valence-electron chi connectivity index (χ0n) is 10.3. The Bertz CT molecular complexity index is 509. The number of nitrogen functional groups attached to an aromatic ring is 1. The number of nitrogens with zero attached hydrogens (tertiary/aromatic N) is 3. The first-order chi connectivity index (χ1) is 8.70. The molecule has 7 nitrogen and oxygen atoms in total. The normalized spacial score (nSPS) is 12.6. The fourth-order valence-electron chi connectivity index (χ4n) is 1.72. The molecule has 2 heterocycles. The van der Waals surface area contributed by atoms with Gasteiger partial charge in [0.1, 0.15) is 0 Å². The Morgan fingerprint density at radius 3 is 3.11 bits per heavy atom. The van der Waals surface area contributed by atoms with Gasteiger partial charge in [-0.05, 0) is 19.8 Å². The van der Waals surface area contributed by atoms with Crippen molar-refractivity contribution in [2.45, 2.75) is 25.9 Å². The van der Waals surface area contributed by atoms with E-state index < -0.39 is 0 Å². The molecule has 1 atom stereocenters. The van der Waals surface area contributed by atoms with E-state index in [0.717, 1.165) is 25.0 Å². The molecule has 0 aromatic carbocycles. The minimum atomic E-state index is -0.275. The maximum absolute atomic E-state index is 9.18. The van der Waals surface area contributed by atoms with E-state index in [1.165, 1.54) is 0 Å². The second-order valence-electron chi connectivity index (χ2n) is 4.20. The third-order valence-electron chi connectivity index (χ3n) is 2.61. The summed E-state index contributed by atoms with van der Waals surface area (Å²) in [5, 5.41) is 12.4. The van der Waals surface area contributed by atoms with Crippen molar-refractivity contribution in [3.63, 3.8) is 0 Å². The highest BCUT2D eigenvalue weighted by Crippen LogP contribution is 2.15. The number of hydrogen-bond acceptors (Lipinski definition) is 6. The highest BCUT2D eigenvalue weighted by Gasteiger charge is 2.06. The smallest absolute Gasteiger partial charge is 0.180 e. The first-order valence-corrected chi connectivity index (χ1v) is 5.93. The van der Waals surface area contributed by atoms with Crippen molar-refractivity contribution in [2.24, 2.45) is 5.84 Å². The van der Waals surface area contributed by atoms with E-state index in [4.69, 9.17) is 5.84 Å². The number of hydrazine groups is 1. The molecule has 18 heavy (non-hydrogen) atoms. The molecule has 0 aliphatic heterocycles. The molecular formula is C11H18N6O. The van der Waals surface area contributed by atoms with E-state index in [1.54, 1.807) is 19.3 Å². The molecule has 0 aliphatic rings. The summed E-state index contributed by atoms with van der Waals surface area (Å²) in [6, 6.07) is 0. The zero-order valence-corrected chi connectivity index (χ0v) is 10.3. The molecule has 0 fully saturated rings. The van der Waals surface area contributed by atoms with Gasteiger partial charge in [0, 0.05) is 18.9 Å². The van der Waals surface area contributed by atoms with Gasteiger partial charge >= 0.3 is 0 Å². The van der Waals surface area contributed by atoms with Crippen LogP contribution in [-0.4, -0.2) is 32.1 Å². The number of rotatable bonds is 6. The predicted molar refractivity (Wildman–Crippen MR) is 70.2 cm³/mol. The predicted octanol–water partition coefficient (Wildman–Crippen LogP) is 0.588. The van der Waals surface area contributed by atoms with Crippen molar-refractivity contribution in [1.82, 2.24) is 14.4 Å². The van der Waals surface area contributed by atoms with Crippen LogP contribution in [0.2, 0.25) is 0 Å². The number of aromatic nitrogens is 3. The number of fused-ring (bicyclic) bond motifs is 1. The Labute approximate surface area is 105 Å². The van der Waals surface area contributed by atoms with Crippen LogP contribution in [0.15, 0.2) is 18.6 Å². The molecule has 2 rings (SSSR count). The van der Waals surface area contributed by atoms with Crippen LogP contribution in [0.25, 0.3) is 5.65 Å². The molecule has 7 heteroatoms. The SMILES string of the molecule is CC(O)CCCNc1nc(NN)cn2ccnc12. The Kier molecular flexibility index (Phi) is 3.96. The van der Waals surface area contributed by atoms with E-state index in [-0.39, 0.29) is 6.10 Å². The third-order valence-corrected chi connectivity index (χ3v) is 2.61. The molecular weight excluding hydrogens is 232 g/mol. The van der Waals surface area contributed by atoms with Crippen molar-refractivity contribution in [2.75, 3.05) is 17.3 Å². The second-order valence-corrected chi connectivity index (χ2v) is 4.20. The summed E-state index contributed by atoms with van der Waals surface area (Å²) in [5.41, 5.74) is 3.27. The van der Waals surface area contributed by atoms with Crippen molar-refractivity contribution < 1.29 is 5.11 Å². The number of aliphatic hydroxyl groups excluding tert-OH is 1. The first kappa shape index (κ1) is 12.6. The van der Waals surface area contributed by atoms with Gasteiger partial charge in [0.05, 0.1) is 12.3 Å². The van der Waals surface area contributed by atoms with Crippen molar-refractivity contribution in [1.29, 1.82) is 0 Å². The molecule has 0 saturated carbocycles. The molecule has 0 saturated heterocycles. The summed E-state index contributed by atoms with van der Waals surface area (Å²) in [6.45, 7) is 2.51. The Balaban J connectivity index is 2.08. The van der Waals surface area contributed by atoms with E-state index in [0.29, 0.717) is 11.6 Å². The Morgan fingerprint density at radius 2 is 2.39 bits per heavy atom. The quantitative estimate of drug-likeness (QED) is 0.340. The second kappa shape index (κ2) is 5.65. The molecule has 0 amide bonds. The van der Waals surface area contributed by atoms with Gasteiger partial charge in [-0.2, -0.15) is 0 Å². The molecule has 0 spiro atoms. The summed E-state index contributed by atoms with van der Waals surface area (Å²) in [4.78, 5) is 8.54. The van der Waals surface area contributed by atoms with Crippen LogP contribution in [0.1, 0.15) is 19.8 Å². The van der Waals surface area contributed by atoms with Crippen LogP contribution < -0.4 is 16.6 Å². The first-order valence-electron chi connectivity index (χ1n) is 5.93. The lowest BCUT2D eigenvalue weighted by atomic mass is 10.2.